The van der Waals surface area contributed by atoms with E-state index in [2.05, 4.69) is 4.98 Å². The quantitative estimate of drug-likeness (QED) is 0.911. The fraction of sp³-hybridized carbons (Fsp3) is 0.308. The van der Waals surface area contributed by atoms with E-state index in [0.717, 1.165) is 17.8 Å². The molecule has 0 aliphatic rings. The third-order valence-electron chi connectivity index (χ3n) is 2.83. The van der Waals surface area contributed by atoms with Crippen LogP contribution in [0.5, 0.6) is 11.5 Å². The Kier molecular flexibility index (Phi) is 4.29. The van der Waals surface area contributed by atoms with Crippen LogP contribution in [0.4, 0.5) is 0 Å². The number of ether oxygens (including phenoxy) is 2. The van der Waals surface area contributed by atoms with Gasteiger partial charge in [-0.15, -0.1) is 0 Å². The molecule has 0 saturated carbocycles. The first-order chi connectivity index (χ1) is 9.21. The normalized spacial score (nSPS) is 10.5. The van der Waals surface area contributed by atoms with Crippen LogP contribution in [0.2, 0.25) is 5.02 Å². The van der Waals surface area contributed by atoms with Gasteiger partial charge in [0.15, 0.2) is 0 Å². The second-order valence-corrected chi connectivity index (χ2v) is 4.36. The molecule has 1 aromatic carbocycles. The zero-order valence-corrected chi connectivity index (χ0v) is 11.6. The molecule has 1 aromatic heterocycles. The van der Waals surface area contributed by atoms with E-state index in [4.69, 9.17) is 26.8 Å². The number of hydrogen-bond donors (Lipinski definition) is 1. The number of hydrogen-bond acceptors (Lipinski definition) is 4. The minimum Gasteiger partial charge on any atom is -0.495 e. The molecule has 0 radical (unpaired) electrons. The fourth-order valence-corrected chi connectivity index (χ4v) is 2.14. The SMILES string of the molecule is COc1cc(OC)c(-n2cncc2CCN)cc1Cl. The molecule has 0 aliphatic heterocycles. The Morgan fingerprint density at radius 1 is 1.26 bits per heavy atom. The molecule has 6 heteroatoms. The van der Waals surface area contributed by atoms with E-state index in [1.54, 1.807) is 38.9 Å². The van der Waals surface area contributed by atoms with Gasteiger partial charge in [0.25, 0.3) is 0 Å². The zero-order valence-electron chi connectivity index (χ0n) is 10.9. The lowest BCUT2D eigenvalue weighted by molar-refractivity contribution is 0.393. The lowest BCUT2D eigenvalue weighted by Crippen LogP contribution is -2.08. The molecule has 0 amide bonds. The van der Waals surface area contributed by atoms with E-state index in [0.29, 0.717) is 23.1 Å². The Labute approximate surface area is 116 Å². The van der Waals surface area contributed by atoms with E-state index in [-0.39, 0.29) is 0 Å². The Morgan fingerprint density at radius 3 is 2.63 bits per heavy atom. The molecule has 0 unspecified atom stereocenters. The van der Waals surface area contributed by atoms with Crippen LogP contribution in [0.25, 0.3) is 5.69 Å². The van der Waals surface area contributed by atoms with Crippen LogP contribution in [0.1, 0.15) is 5.69 Å². The van der Waals surface area contributed by atoms with Crippen LogP contribution >= 0.6 is 11.6 Å². The highest BCUT2D eigenvalue weighted by Crippen LogP contribution is 2.35. The zero-order chi connectivity index (χ0) is 13.8. The van der Waals surface area contributed by atoms with E-state index < -0.39 is 0 Å². The molecule has 19 heavy (non-hydrogen) atoms. The van der Waals surface area contributed by atoms with Gasteiger partial charge in [0, 0.05) is 24.4 Å². The molecule has 0 aliphatic carbocycles. The summed E-state index contributed by atoms with van der Waals surface area (Å²) in [4.78, 5) is 4.14. The lowest BCUT2D eigenvalue weighted by Gasteiger charge is -2.14. The summed E-state index contributed by atoms with van der Waals surface area (Å²) in [7, 11) is 3.17. The molecule has 2 N–H and O–H groups in total. The van der Waals surface area contributed by atoms with Crippen LogP contribution in [-0.2, 0) is 6.42 Å². The highest BCUT2D eigenvalue weighted by molar-refractivity contribution is 6.32. The summed E-state index contributed by atoms with van der Waals surface area (Å²) in [5.74, 6) is 1.24. The van der Waals surface area contributed by atoms with Crippen LogP contribution in [-0.4, -0.2) is 30.3 Å². The number of nitrogens with two attached hydrogens (primary N) is 1. The average molecular weight is 282 g/mol. The standard InChI is InChI=1S/C13H16ClN3O2/c1-18-12-6-13(19-2)11(5-10(12)14)17-8-16-7-9(17)3-4-15/h5-8H,3-4,15H2,1-2H3. The molecule has 0 fully saturated rings. The smallest absolute Gasteiger partial charge is 0.146 e. The van der Waals surface area contributed by atoms with E-state index in [9.17, 15) is 0 Å². The van der Waals surface area contributed by atoms with Gasteiger partial charge < -0.3 is 15.2 Å². The second kappa shape index (κ2) is 5.95. The second-order valence-electron chi connectivity index (χ2n) is 3.95. The van der Waals surface area contributed by atoms with Crippen molar-refractivity contribution in [1.82, 2.24) is 9.55 Å². The summed E-state index contributed by atoms with van der Waals surface area (Å²) >= 11 is 6.17. The first kappa shape index (κ1) is 13.7. The molecule has 2 aromatic rings. The Morgan fingerprint density at radius 2 is 2.00 bits per heavy atom. The van der Waals surface area contributed by atoms with Crippen LogP contribution in [0, 0.1) is 0 Å². The van der Waals surface area contributed by atoms with Crippen LogP contribution in [0.3, 0.4) is 0 Å². The van der Waals surface area contributed by atoms with Crippen molar-refractivity contribution < 1.29 is 9.47 Å². The number of halogens is 1. The van der Waals surface area contributed by atoms with Crippen molar-refractivity contribution in [2.24, 2.45) is 5.73 Å². The van der Waals surface area contributed by atoms with E-state index in [1.807, 2.05) is 4.57 Å². The third kappa shape index (κ3) is 2.67. The maximum Gasteiger partial charge on any atom is 0.146 e. The topological polar surface area (TPSA) is 62.3 Å². The van der Waals surface area contributed by atoms with Gasteiger partial charge in [-0.05, 0) is 12.6 Å². The number of methoxy groups -OCH3 is 2. The minimum absolute atomic E-state index is 0.519. The molecular formula is C13H16ClN3O2. The maximum atomic E-state index is 6.17. The summed E-state index contributed by atoms with van der Waals surface area (Å²) < 4.78 is 12.5. The highest BCUT2D eigenvalue weighted by Gasteiger charge is 2.13. The van der Waals surface area contributed by atoms with Gasteiger partial charge in [-0.25, -0.2) is 4.98 Å². The van der Waals surface area contributed by atoms with Gasteiger partial charge in [0.05, 0.1) is 31.3 Å². The molecule has 102 valence electrons. The van der Waals surface area contributed by atoms with Crippen molar-refractivity contribution in [3.8, 4) is 17.2 Å². The number of aromatic nitrogens is 2. The Bertz CT molecular complexity index is 569. The van der Waals surface area contributed by atoms with Crippen molar-refractivity contribution in [3.05, 3.63) is 35.4 Å². The average Bonchev–Trinajstić information content (AvgIpc) is 2.87. The summed E-state index contributed by atoms with van der Waals surface area (Å²) in [5, 5.41) is 0.519. The van der Waals surface area contributed by atoms with Gasteiger partial charge >= 0.3 is 0 Å². The molecule has 2 rings (SSSR count). The van der Waals surface area contributed by atoms with Gasteiger partial charge in [-0.1, -0.05) is 11.6 Å². The van der Waals surface area contributed by atoms with E-state index in [1.165, 1.54) is 0 Å². The van der Waals surface area contributed by atoms with Gasteiger partial charge in [0.1, 0.15) is 11.5 Å². The summed E-state index contributed by atoms with van der Waals surface area (Å²) in [6.45, 7) is 0.553. The highest BCUT2D eigenvalue weighted by atomic mass is 35.5. The first-order valence-corrected chi connectivity index (χ1v) is 6.22. The summed E-state index contributed by atoms with van der Waals surface area (Å²) in [5.41, 5.74) is 7.41. The van der Waals surface area contributed by atoms with Crippen molar-refractivity contribution in [1.29, 1.82) is 0 Å². The van der Waals surface area contributed by atoms with Crippen molar-refractivity contribution in [2.45, 2.75) is 6.42 Å². The number of benzene rings is 1. The van der Waals surface area contributed by atoms with E-state index >= 15 is 0 Å². The van der Waals surface area contributed by atoms with Crippen molar-refractivity contribution in [3.63, 3.8) is 0 Å². The summed E-state index contributed by atoms with van der Waals surface area (Å²) in [6, 6.07) is 3.55. The Hall–Kier alpha value is -1.72. The number of rotatable bonds is 5. The van der Waals surface area contributed by atoms with Gasteiger partial charge in [-0.2, -0.15) is 0 Å². The minimum atomic E-state index is 0.519. The third-order valence-corrected chi connectivity index (χ3v) is 3.12. The van der Waals surface area contributed by atoms with Crippen LogP contribution in [0.15, 0.2) is 24.7 Å². The lowest BCUT2D eigenvalue weighted by atomic mass is 10.2. The first-order valence-electron chi connectivity index (χ1n) is 5.84. The maximum absolute atomic E-state index is 6.17. The number of nitrogens with zero attached hydrogens (tertiary/aromatic N) is 2. The predicted molar refractivity (Wildman–Crippen MR) is 74.4 cm³/mol. The fourth-order valence-electron chi connectivity index (χ4n) is 1.90. The van der Waals surface area contributed by atoms with Crippen molar-refractivity contribution >= 4 is 11.6 Å². The number of imidazole rings is 1. The van der Waals surface area contributed by atoms with Gasteiger partial charge in [0.2, 0.25) is 0 Å². The van der Waals surface area contributed by atoms with Crippen molar-refractivity contribution in [2.75, 3.05) is 20.8 Å². The molecular weight excluding hydrogens is 266 g/mol. The molecule has 1 heterocycles. The molecule has 0 spiro atoms. The van der Waals surface area contributed by atoms with Gasteiger partial charge in [-0.3, -0.25) is 4.57 Å². The molecule has 0 bridgehead atoms. The summed E-state index contributed by atoms with van der Waals surface area (Å²) in [6.07, 6.45) is 4.23. The molecule has 5 nitrogen and oxygen atoms in total. The predicted octanol–water partition coefficient (Wildman–Crippen LogP) is 2.04. The molecule has 0 atom stereocenters. The Balaban J connectivity index is 2.54. The monoisotopic (exact) mass is 281 g/mol. The largest absolute Gasteiger partial charge is 0.495 e. The molecule has 0 saturated heterocycles. The van der Waals surface area contributed by atoms with Crippen LogP contribution < -0.4 is 15.2 Å².